The van der Waals surface area contributed by atoms with Crippen LogP contribution in [-0.4, -0.2) is 21.2 Å². The summed E-state index contributed by atoms with van der Waals surface area (Å²) in [4.78, 5) is 15.0. The summed E-state index contributed by atoms with van der Waals surface area (Å²) < 4.78 is 8.79. The number of hydrogen-bond donors (Lipinski definition) is 1. The summed E-state index contributed by atoms with van der Waals surface area (Å²) in [5.41, 5.74) is 7.49. The SMILES string of the molecule is c1ccc(C2=NC(c3ccc4ccccc4c3)NC(c3cc(-n4c5ccccc5c5ccccc54)cc4oc5ncccc5c34)=N2)cc1. The molecule has 6 nitrogen and oxygen atoms in total. The van der Waals surface area contributed by atoms with Gasteiger partial charge in [0.2, 0.25) is 5.71 Å². The topological polar surface area (TPSA) is 67.7 Å². The zero-order chi connectivity index (χ0) is 31.6. The molecule has 48 heavy (non-hydrogen) atoms. The fourth-order valence-electron chi connectivity index (χ4n) is 7.09. The number of para-hydroxylation sites is 2. The number of aromatic nitrogens is 2. The summed E-state index contributed by atoms with van der Waals surface area (Å²) in [7, 11) is 0. The largest absolute Gasteiger partial charge is 0.438 e. The van der Waals surface area contributed by atoms with Crippen LogP contribution in [0.3, 0.4) is 0 Å². The highest BCUT2D eigenvalue weighted by Crippen LogP contribution is 2.37. The van der Waals surface area contributed by atoms with Gasteiger partial charge in [-0.15, -0.1) is 0 Å². The lowest BCUT2D eigenvalue weighted by molar-refractivity contribution is 0.653. The summed E-state index contributed by atoms with van der Waals surface area (Å²) >= 11 is 0. The van der Waals surface area contributed by atoms with Gasteiger partial charge in [-0.3, -0.25) is 0 Å². The Morgan fingerprint density at radius 1 is 0.625 bits per heavy atom. The monoisotopic (exact) mass is 617 g/mol. The van der Waals surface area contributed by atoms with Crippen molar-refractivity contribution < 1.29 is 4.42 Å². The van der Waals surface area contributed by atoms with Crippen LogP contribution >= 0.6 is 0 Å². The molecule has 1 unspecified atom stereocenters. The van der Waals surface area contributed by atoms with E-state index in [0.29, 0.717) is 11.5 Å². The average Bonchev–Trinajstić information content (AvgIpc) is 3.70. The Bertz CT molecular complexity index is 2720. The van der Waals surface area contributed by atoms with Gasteiger partial charge in [0.25, 0.3) is 0 Å². The zero-order valence-electron chi connectivity index (χ0n) is 25.7. The van der Waals surface area contributed by atoms with E-state index in [9.17, 15) is 0 Å². The molecular formula is C42H27N5O. The highest BCUT2D eigenvalue weighted by molar-refractivity contribution is 6.22. The average molecular weight is 618 g/mol. The Labute approximate surface area is 275 Å². The van der Waals surface area contributed by atoms with E-state index >= 15 is 0 Å². The van der Waals surface area contributed by atoms with Gasteiger partial charge in [0.15, 0.2) is 5.84 Å². The standard InChI is InChI=1S/C42H27N5O/c1-2-12-27(13-3-1)39-44-40(29-21-20-26-11-4-5-14-28(26)23-29)46-41(45-39)34-24-30(25-37-38(34)33-17-10-22-43-42(33)48-37)47-35-18-8-6-15-31(35)32-16-7-9-19-36(32)47/h1-25,40H,(H,44,45,46). The Morgan fingerprint density at radius 3 is 2.15 bits per heavy atom. The Hall–Kier alpha value is -6.53. The maximum atomic E-state index is 6.48. The van der Waals surface area contributed by atoms with E-state index in [-0.39, 0.29) is 6.17 Å². The molecule has 0 saturated heterocycles. The van der Waals surface area contributed by atoms with Crippen LogP contribution in [0.5, 0.6) is 0 Å². The van der Waals surface area contributed by atoms with E-state index in [4.69, 9.17) is 14.4 Å². The van der Waals surface area contributed by atoms with Crippen LogP contribution in [0.2, 0.25) is 0 Å². The van der Waals surface area contributed by atoms with E-state index in [1.165, 1.54) is 21.5 Å². The van der Waals surface area contributed by atoms with Crippen LogP contribution in [0, 0.1) is 0 Å². The minimum Gasteiger partial charge on any atom is -0.438 e. The van der Waals surface area contributed by atoms with Gasteiger partial charge in [-0.05, 0) is 52.7 Å². The lowest BCUT2D eigenvalue weighted by Crippen LogP contribution is -2.33. The number of nitrogens with one attached hydrogen (secondary N) is 1. The second-order valence-electron chi connectivity index (χ2n) is 12.1. The van der Waals surface area contributed by atoms with Crippen LogP contribution in [0.15, 0.2) is 166 Å². The van der Waals surface area contributed by atoms with Crippen molar-refractivity contribution in [3.8, 4) is 5.69 Å². The number of hydrogen-bond acceptors (Lipinski definition) is 5. The maximum Gasteiger partial charge on any atom is 0.227 e. The first-order valence-corrected chi connectivity index (χ1v) is 16.1. The molecule has 0 fully saturated rings. The molecule has 0 bridgehead atoms. The highest BCUT2D eigenvalue weighted by atomic mass is 16.3. The van der Waals surface area contributed by atoms with Crippen molar-refractivity contribution in [1.29, 1.82) is 0 Å². The number of pyridine rings is 1. The molecule has 1 N–H and O–H groups in total. The summed E-state index contributed by atoms with van der Waals surface area (Å²) in [6.45, 7) is 0. The molecule has 0 saturated carbocycles. The van der Waals surface area contributed by atoms with E-state index in [1.54, 1.807) is 6.20 Å². The van der Waals surface area contributed by atoms with Crippen molar-refractivity contribution in [3.63, 3.8) is 0 Å². The molecule has 1 aliphatic heterocycles. The summed E-state index contributed by atoms with van der Waals surface area (Å²) in [6.07, 6.45) is 1.41. The lowest BCUT2D eigenvalue weighted by Gasteiger charge is -2.24. The number of amidine groups is 2. The normalized spacial score (nSPS) is 14.9. The summed E-state index contributed by atoms with van der Waals surface area (Å²) in [6, 6.07) is 50.5. The van der Waals surface area contributed by atoms with Crippen LogP contribution in [0.1, 0.15) is 22.9 Å². The number of benzene rings is 6. The molecule has 1 aliphatic rings. The van der Waals surface area contributed by atoms with Gasteiger partial charge in [-0.2, -0.15) is 0 Å². The van der Waals surface area contributed by atoms with Crippen LogP contribution in [0.25, 0.3) is 60.3 Å². The van der Waals surface area contributed by atoms with E-state index < -0.39 is 0 Å². The van der Waals surface area contributed by atoms with Gasteiger partial charge in [-0.25, -0.2) is 15.0 Å². The summed E-state index contributed by atoms with van der Waals surface area (Å²) in [5.74, 6) is 1.39. The molecule has 1 atom stereocenters. The van der Waals surface area contributed by atoms with Gasteiger partial charge in [-0.1, -0.05) is 103 Å². The Morgan fingerprint density at radius 2 is 1.33 bits per heavy atom. The van der Waals surface area contributed by atoms with Crippen molar-refractivity contribution in [2.75, 3.05) is 0 Å². The third-order valence-corrected chi connectivity index (χ3v) is 9.29. The van der Waals surface area contributed by atoms with E-state index in [2.05, 4.69) is 136 Å². The van der Waals surface area contributed by atoms with Crippen molar-refractivity contribution in [2.24, 2.45) is 9.98 Å². The fourth-order valence-corrected chi connectivity index (χ4v) is 7.09. The molecule has 9 aromatic rings. The number of fused-ring (bicyclic) bond motifs is 7. The van der Waals surface area contributed by atoms with Crippen LogP contribution < -0.4 is 5.32 Å². The highest BCUT2D eigenvalue weighted by Gasteiger charge is 2.26. The minimum atomic E-state index is -0.361. The first-order valence-electron chi connectivity index (χ1n) is 16.1. The quantitative estimate of drug-likeness (QED) is 0.214. The predicted octanol–water partition coefficient (Wildman–Crippen LogP) is 9.73. The molecule has 0 spiro atoms. The van der Waals surface area contributed by atoms with Gasteiger partial charge in [0.1, 0.15) is 17.6 Å². The molecule has 0 radical (unpaired) electrons. The molecular weight excluding hydrogens is 590 g/mol. The molecule has 0 amide bonds. The first kappa shape index (κ1) is 26.7. The third-order valence-electron chi connectivity index (χ3n) is 9.29. The molecule has 3 aromatic heterocycles. The molecule has 10 rings (SSSR count). The van der Waals surface area contributed by atoms with Gasteiger partial charge < -0.3 is 14.3 Å². The molecule has 226 valence electrons. The molecule has 0 aliphatic carbocycles. The van der Waals surface area contributed by atoms with Crippen molar-refractivity contribution in [2.45, 2.75) is 6.17 Å². The Kier molecular flexibility index (Phi) is 5.84. The number of rotatable bonds is 4. The van der Waals surface area contributed by atoms with Crippen molar-refractivity contribution in [3.05, 3.63) is 168 Å². The lowest BCUT2D eigenvalue weighted by atomic mass is 10.0. The molecule has 4 heterocycles. The molecule has 6 heteroatoms. The number of aliphatic imine (C=N–C) groups is 2. The Balaban J connectivity index is 1.24. The van der Waals surface area contributed by atoms with Gasteiger partial charge >= 0.3 is 0 Å². The maximum absolute atomic E-state index is 6.48. The van der Waals surface area contributed by atoms with E-state index in [1.807, 2.05) is 24.3 Å². The van der Waals surface area contributed by atoms with E-state index in [0.717, 1.165) is 55.6 Å². The van der Waals surface area contributed by atoms with Crippen LogP contribution in [-0.2, 0) is 0 Å². The predicted molar refractivity (Wildman–Crippen MR) is 195 cm³/mol. The minimum absolute atomic E-state index is 0.361. The number of furan rings is 1. The summed E-state index contributed by atoms with van der Waals surface area (Å²) in [5, 5.41) is 10.4. The van der Waals surface area contributed by atoms with Crippen molar-refractivity contribution >= 4 is 66.3 Å². The number of nitrogens with zero attached hydrogens (tertiary/aromatic N) is 4. The fraction of sp³-hybridized carbons (Fsp3) is 0.0238. The van der Waals surface area contributed by atoms with Gasteiger partial charge in [0, 0.05) is 44.9 Å². The smallest absolute Gasteiger partial charge is 0.227 e. The second kappa shape index (κ2) is 10.5. The third kappa shape index (κ3) is 4.16. The molecule has 6 aromatic carbocycles. The van der Waals surface area contributed by atoms with Gasteiger partial charge in [0.05, 0.1) is 16.7 Å². The van der Waals surface area contributed by atoms with Crippen molar-refractivity contribution in [1.82, 2.24) is 14.9 Å². The second-order valence-corrected chi connectivity index (χ2v) is 12.1. The zero-order valence-corrected chi connectivity index (χ0v) is 25.7. The first-order chi connectivity index (χ1) is 23.8. The van der Waals surface area contributed by atoms with Crippen LogP contribution in [0.4, 0.5) is 0 Å².